The molecule has 0 saturated carbocycles. The molecule has 0 heterocycles. The molecule has 0 spiro atoms. The Morgan fingerprint density at radius 1 is 1.00 bits per heavy atom. The van der Waals surface area contributed by atoms with Crippen molar-refractivity contribution in [2.75, 3.05) is 18.9 Å². The molecule has 0 radical (unpaired) electrons. The van der Waals surface area contributed by atoms with Crippen molar-refractivity contribution >= 4 is 5.69 Å². The van der Waals surface area contributed by atoms with Crippen LogP contribution in [0.4, 0.5) is 10.1 Å². The van der Waals surface area contributed by atoms with Gasteiger partial charge in [-0.1, -0.05) is 12.1 Å². The Bertz CT molecular complexity index is 572. The molecule has 0 aromatic heterocycles. The highest BCUT2D eigenvalue weighted by Gasteiger charge is 2.00. The SMILES string of the molecule is Cc1ccc(OCCCOc2cccc(N)c2)cc1F. The predicted molar refractivity (Wildman–Crippen MR) is 77.6 cm³/mol. The van der Waals surface area contributed by atoms with E-state index in [2.05, 4.69) is 0 Å². The minimum Gasteiger partial charge on any atom is -0.493 e. The van der Waals surface area contributed by atoms with Gasteiger partial charge in [-0.25, -0.2) is 4.39 Å². The van der Waals surface area contributed by atoms with E-state index in [4.69, 9.17) is 15.2 Å². The molecule has 2 aromatic rings. The van der Waals surface area contributed by atoms with Crippen LogP contribution >= 0.6 is 0 Å². The van der Waals surface area contributed by atoms with Gasteiger partial charge in [0.15, 0.2) is 0 Å². The van der Waals surface area contributed by atoms with Gasteiger partial charge in [-0.05, 0) is 30.7 Å². The largest absolute Gasteiger partial charge is 0.493 e. The number of nitrogen functional groups attached to an aromatic ring is 1. The van der Waals surface area contributed by atoms with Crippen LogP contribution in [0.3, 0.4) is 0 Å². The second-order valence-corrected chi connectivity index (χ2v) is 4.53. The van der Waals surface area contributed by atoms with E-state index >= 15 is 0 Å². The van der Waals surface area contributed by atoms with Crippen molar-refractivity contribution in [1.29, 1.82) is 0 Å². The lowest BCUT2D eigenvalue weighted by Gasteiger charge is -2.09. The summed E-state index contributed by atoms with van der Waals surface area (Å²) in [6.45, 7) is 2.72. The van der Waals surface area contributed by atoms with Gasteiger partial charge in [0.25, 0.3) is 0 Å². The number of hydrogen-bond donors (Lipinski definition) is 1. The maximum absolute atomic E-state index is 13.3. The first-order valence-corrected chi connectivity index (χ1v) is 6.52. The first kappa shape index (κ1) is 14.2. The summed E-state index contributed by atoms with van der Waals surface area (Å²) >= 11 is 0. The van der Waals surface area contributed by atoms with Crippen LogP contribution in [0.5, 0.6) is 11.5 Å². The quantitative estimate of drug-likeness (QED) is 0.647. The van der Waals surface area contributed by atoms with E-state index in [0.717, 1.165) is 5.75 Å². The number of nitrogens with two attached hydrogens (primary N) is 1. The molecule has 0 aliphatic rings. The van der Waals surface area contributed by atoms with Crippen molar-refractivity contribution in [2.45, 2.75) is 13.3 Å². The normalized spacial score (nSPS) is 10.3. The summed E-state index contributed by atoms with van der Waals surface area (Å²) < 4.78 is 24.3. The molecular weight excluding hydrogens is 257 g/mol. The van der Waals surface area contributed by atoms with Crippen LogP contribution in [0.25, 0.3) is 0 Å². The standard InChI is InChI=1S/C16H18FNO2/c1-12-6-7-15(11-16(12)17)20-9-3-8-19-14-5-2-4-13(18)10-14/h2,4-7,10-11H,3,8-9,18H2,1H3. The summed E-state index contributed by atoms with van der Waals surface area (Å²) in [5.41, 5.74) is 6.94. The molecule has 0 saturated heterocycles. The van der Waals surface area contributed by atoms with Crippen molar-refractivity contribution < 1.29 is 13.9 Å². The maximum atomic E-state index is 13.3. The van der Waals surface area contributed by atoms with E-state index in [1.165, 1.54) is 6.07 Å². The summed E-state index contributed by atoms with van der Waals surface area (Å²) in [7, 11) is 0. The fourth-order valence-corrected chi connectivity index (χ4v) is 1.71. The van der Waals surface area contributed by atoms with E-state index in [1.807, 2.05) is 18.2 Å². The topological polar surface area (TPSA) is 44.5 Å². The average Bonchev–Trinajstić information content (AvgIpc) is 2.42. The van der Waals surface area contributed by atoms with Crippen LogP contribution in [-0.2, 0) is 0 Å². The number of ether oxygens (including phenoxy) is 2. The van der Waals surface area contributed by atoms with Crippen LogP contribution in [0.2, 0.25) is 0 Å². The molecule has 0 amide bonds. The highest BCUT2D eigenvalue weighted by molar-refractivity contribution is 5.43. The van der Waals surface area contributed by atoms with Gasteiger partial charge in [0.05, 0.1) is 13.2 Å². The molecule has 0 fully saturated rings. The predicted octanol–water partition coefficient (Wildman–Crippen LogP) is 3.56. The second-order valence-electron chi connectivity index (χ2n) is 4.53. The molecular formula is C16H18FNO2. The molecule has 2 N–H and O–H groups in total. The van der Waals surface area contributed by atoms with Crippen molar-refractivity contribution in [1.82, 2.24) is 0 Å². The molecule has 0 unspecified atom stereocenters. The van der Waals surface area contributed by atoms with Crippen molar-refractivity contribution in [2.24, 2.45) is 0 Å². The van der Waals surface area contributed by atoms with Gasteiger partial charge in [0.2, 0.25) is 0 Å². The molecule has 0 atom stereocenters. The lowest BCUT2D eigenvalue weighted by Crippen LogP contribution is -2.05. The highest BCUT2D eigenvalue weighted by atomic mass is 19.1. The van der Waals surface area contributed by atoms with Gasteiger partial charge in [0, 0.05) is 24.2 Å². The Labute approximate surface area is 118 Å². The van der Waals surface area contributed by atoms with Crippen molar-refractivity contribution in [3.8, 4) is 11.5 Å². The minimum atomic E-state index is -0.251. The van der Waals surface area contributed by atoms with Crippen LogP contribution in [0.15, 0.2) is 42.5 Å². The molecule has 0 bridgehead atoms. The number of anilines is 1. The van der Waals surface area contributed by atoms with Crippen LogP contribution in [-0.4, -0.2) is 13.2 Å². The second kappa shape index (κ2) is 6.80. The van der Waals surface area contributed by atoms with Crippen LogP contribution < -0.4 is 15.2 Å². The molecule has 2 rings (SSSR count). The molecule has 20 heavy (non-hydrogen) atoms. The van der Waals surface area contributed by atoms with Gasteiger partial charge < -0.3 is 15.2 Å². The Hall–Kier alpha value is -2.23. The van der Waals surface area contributed by atoms with E-state index < -0.39 is 0 Å². The van der Waals surface area contributed by atoms with Gasteiger partial charge in [-0.3, -0.25) is 0 Å². The fourth-order valence-electron chi connectivity index (χ4n) is 1.71. The Kier molecular flexibility index (Phi) is 4.82. The van der Waals surface area contributed by atoms with E-state index in [9.17, 15) is 4.39 Å². The Morgan fingerprint density at radius 2 is 1.70 bits per heavy atom. The number of hydrogen-bond acceptors (Lipinski definition) is 3. The third-order valence-electron chi connectivity index (χ3n) is 2.83. The van der Waals surface area contributed by atoms with Gasteiger partial charge >= 0.3 is 0 Å². The molecule has 3 nitrogen and oxygen atoms in total. The number of aryl methyl sites for hydroxylation is 1. The Balaban J connectivity index is 1.70. The smallest absolute Gasteiger partial charge is 0.129 e. The van der Waals surface area contributed by atoms with E-state index in [0.29, 0.717) is 36.6 Å². The van der Waals surface area contributed by atoms with E-state index in [-0.39, 0.29) is 5.82 Å². The van der Waals surface area contributed by atoms with Crippen LogP contribution in [0, 0.1) is 12.7 Å². The first-order valence-electron chi connectivity index (χ1n) is 6.52. The number of halogens is 1. The zero-order valence-electron chi connectivity index (χ0n) is 11.4. The molecule has 0 aliphatic carbocycles. The monoisotopic (exact) mass is 275 g/mol. The lowest BCUT2D eigenvalue weighted by atomic mass is 10.2. The van der Waals surface area contributed by atoms with Crippen LogP contribution in [0.1, 0.15) is 12.0 Å². The summed E-state index contributed by atoms with van der Waals surface area (Å²) in [5.74, 6) is 1.03. The zero-order valence-corrected chi connectivity index (χ0v) is 11.4. The van der Waals surface area contributed by atoms with Gasteiger partial charge in [0.1, 0.15) is 17.3 Å². The zero-order chi connectivity index (χ0) is 14.4. The molecule has 4 heteroatoms. The van der Waals surface area contributed by atoms with Crippen molar-refractivity contribution in [3.63, 3.8) is 0 Å². The summed E-state index contributed by atoms with van der Waals surface area (Å²) in [6, 6.07) is 12.1. The number of benzene rings is 2. The molecule has 0 aliphatic heterocycles. The third-order valence-corrected chi connectivity index (χ3v) is 2.83. The fraction of sp³-hybridized carbons (Fsp3) is 0.250. The van der Waals surface area contributed by atoms with E-state index in [1.54, 1.807) is 25.1 Å². The van der Waals surface area contributed by atoms with Crippen molar-refractivity contribution in [3.05, 3.63) is 53.8 Å². The Morgan fingerprint density at radius 3 is 2.35 bits per heavy atom. The first-order chi connectivity index (χ1) is 9.65. The summed E-state index contributed by atoms with van der Waals surface area (Å²) in [5, 5.41) is 0. The van der Waals surface area contributed by atoms with Gasteiger partial charge in [-0.2, -0.15) is 0 Å². The molecule has 106 valence electrons. The average molecular weight is 275 g/mol. The highest BCUT2D eigenvalue weighted by Crippen LogP contribution is 2.17. The summed E-state index contributed by atoms with van der Waals surface area (Å²) in [6.07, 6.45) is 0.713. The lowest BCUT2D eigenvalue weighted by molar-refractivity contribution is 0.247. The summed E-state index contributed by atoms with van der Waals surface area (Å²) in [4.78, 5) is 0. The van der Waals surface area contributed by atoms with Gasteiger partial charge in [-0.15, -0.1) is 0 Å². The maximum Gasteiger partial charge on any atom is 0.129 e. The third kappa shape index (κ3) is 4.16. The number of rotatable bonds is 6. The minimum absolute atomic E-state index is 0.251. The molecule has 2 aromatic carbocycles.